The normalized spacial score (nSPS) is 14.9. The van der Waals surface area contributed by atoms with Crippen molar-refractivity contribution >= 4 is 55.3 Å². The van der Waals surface area contributed by atoms with E-state index in [0.717, 1.165) is 39.5 Å². The number of carbonyl (C=O) groups is 1. The van der Waals surface area contributed by atoms with Gasteiger partial charge < -0.3 is 14.2 Å². The molecule has 1 amide bonds. The molecule has 5 rings (SSSR count). The summed E-state index contributed by atoms with van der Waals surface area (Å²) < 4.78 is 5.84. The summed E-state index contributed by atoms with van der Waals surface area (Å²) in [6, 6.07) is 9.28. The molecule has 0 spiro atoms. The molecule has 28 heavy (non-hydrogen) atoms. The molecule has 8 heteroatoms. The Balaban J connectivity index is 1.34. The summed E-state index contributed by atoms with van der Waals surface area (Å²) in [6.45, 7) is 4.62. The number of hydrogen-bond donors (Lipinski definition) is 0. The van der Waals surface area contributed by atoms with Crippen LogP contribution in [0.2, 0.25) is 5.02 Å². The number of piperazine rings is 1. The molecule has 0 bridgehead atoms. The van der Waals surface area contributed by atoms with Crippen molar-refractivity contribution in [2.75, 3.05) is 31.1 Å². The maximum absolute atomic E-state index is 13.0. The Labute approximate surface area is 170 Å². The number of nitrogens with zero attached hydrogens (tertiary/aromatic N) is 4. The number of aromatic nitrogens is 2. The van der Waals surface area contributed by atoms with Crippen LogP contribution in [-0.4, -0.2) is 47.0 Å². The zero-order valence-electron chi connectivity index (χ0n) is 15.2. The number of carbonyl (C=O) groups excluding carboxylic acids is 1. The van der Waals surface area contributed by atoms with Crippen LogP contribution in [0, 0.1) is 6.92 Å². The molecular formula is C20H17ClN4O2S. The highest BCUT2D eigenvalue weighted by atomic mass is 35.5. The second kappa shape index (κ2) is 6.76. The van der Waals surface area contributed by atoms with Gasteiger partial charge in [0.1, 0.15) is 15.9 Å². The van der Waals surface area contributed by atoms with E-state index in [4.69, 9.17) is 16.0 Å². The fourth-order valence-corrected chi connectivity index (χ4v) is 4.67. The largest absolute Gasteiger partial charge is 0.451 e. The Morgan fingerprint density at radius 1 is 1.21 bits per heavy atom. The maximum atomic E-state index is 13.0. The molecule has 0 unspecified atom stereocenters. The molecule has 0 atom stereocenters. The van der Waals surface area contributed by atoms with Gasteiger partial charge in [0.25, 0.3) is 5.91 Å². The van der Waals surface area contributed by atoms with Crippen LogP contribution in [0.3, 0.4) is 0 Å². The van der Waals surface area contributed by atoms with Crippen LogP contribution in [0.25, 0.3) is 21.3 Å². The van der Waals surface area contributed by atoms with E-state index in [1.807, 2.05) is 30.0 Å². The zero-order valence-corrected chi connectivity index (χ0v) is 16.8. The van der Waals surface area contributed by atoms with Crippen molar-refractivity contribution in [1.82, 2.24) is 14.9 Å². The van der Waals surface area contributed by atoms with Crippen LogP contribution >= 0.6 is 22.9 Å². The Morgan fingerprint density at radius 2 is 2.04 bits per heavy atom. The Bertz CT molecular complexity index is 1160. The predicted octanol–water partition coefficient (Wildman–Crippen LogP) is 4.36. The van der Waals surface area contributed by atoms with Gasteiger partial charge in [-0.15, -0.1) is 0 Å². The summed E-state index contributed by atoms with van der Waals surface area (Å²) in [6.07, 6.45) is 1.78. The lowest BCUT2D eigenvalue weighted by atomic mass is 10.1. The number of furan rings is 1. The minimum atomic E-state index is -0.0737. The van der Waals surface area contributed by atoms with E-state index >= 15 is 0 Å². The van der Waals surface area contributed by atoms with Crippen LogP contribution in [0.5, 0.6) is 0 Å². The molecule has 1 aliphatic rings. The number of benzene rings is 1. The SMILES string of the molecule is Cc1c(C(=O)N2CCN(c3nc4cccnc4s3)CC2)oc2ccc(Cl)cc12. The van der Waals surface area contributed by atoms with Gasteiger partial charge in [0.05, 0.1) is 0 Å². The summed E-state index contributed by atoms with van der Waals surface area (Å²) in [5, 5.41) is 2.47. The highest BCUT2D eigenvalue weighted by Crippen LogP contribution is 2.30. The molecule has 142 valence electrons. The van der Waals surface area contributed by atoms with E-state index in [-0.39, 0.29) is 5.91 Å². The first-order valence-electron chi connectivity index (χ1n) is 9.04. The van der Waals surface area contributed by atoms with Crippen LogP contribution in [-0.2, 0) is 0 Å². The van der Waals surface area contributed by atoms with Crippen molar-refractivity contribution in [3.63, 3.8) is 0 Å². The molecule has 1 saturated heterocycles. The number of aryl methyl sites for hydroxylation is 1. The van der Waals surface area contributed by atoms with E-state index in [1.54, 1.807) is 29.7 Å². The molecule has 0 radical (unpaired) electrons. The van der Waals surface area contributed by atoms with Crippen molar-refractivity contribution < 1.29 is 9.21 Å². The van der Waals surface area contributed by atoms with E-state index in [0.29, 0.717) is 29.5 Å². The molecule has 0 N–H and O–H groups in total. The zero-order chi connectivity index (χ0) is 19.3. The maximum Gasteiger partial charge on any atom is 0.290 e. The van der Waals surface area contributed by atoms with Gasteiger partial charge in [0.15, 0.2) is 10.9 Å². The summed E-state index contributed by atoms with van der Waals surface area (Å²) in [4.78, 5) is 27.0. The monoisotopic (exact) mass is 412 g/mol. The molecular weight excluding hydrogens is 396 g/mol. The van der Waals surface area contributed by atoms with E-state index in [2.05, 4.69) is 14.9 Å². The van der Waals surface area contributed by atoms with Gasteiger partial charge in [-0.3, -0.25) is 4.79 Å². The van der Waals surface area contributed by atoms with Crippen LogP contribution in [0.1, 0.15) is 16.1 Å². The smallest absolute Gasteiger partial charge is 0.290 e. The van der Waals surface area contributed by atoms with Gasteiger partial charge in [-0.25, -0.2) is 9.97 Å². The predicted molar refractivity (Wildman–Crippen MR) is 111 cm³/mol. The van der Waals surface area contributed by atoms with E-state index in [9.17, 15) is 4.79 Å². The third-order valence-corrected chi connectivity index (χ3v) is 6.36. The number of fused-ring (bicyclic) bond motifs is 2. The molecule has 1 aliphatic heterocycles. The number of thiazole rings is 1. The van der Waals surface area contributed by atoms with Crippen molar-refractivity contribution in [3.8, 4) is 0 Å². The van der Waals surface area contributed by atoms with Gasteiger partial charge >= 0.3 is 0 Å². The fourth-order valence-electron chi connectivity index (χ4n) is 3.54. The van der Waals surface area contributed by atoms with Crippen LogP contribution < -0.4 is 4.90 Å². The highest BCUT2D eigenvalue weighted by molar-refractivity contribution is 7.21. The first-order valence-corrected chi connectivity index (χ1v) is 10.2. The van der Waals surface area contributed by atoms with E-state index in [1.165, 1.54) is 0 Å². The third-order valence-electron chi connectivity index (χ3n) is 5.09. The summed E-state index contributed by atoms with van der Waals surface area (Å²) >= 11 is 7.67. The fraction of sp³-hybridized carbons (Fsp3) is 0.250. The average molecular weight is 413 g/mol. The van der Waals surface area contributed by atoms with Crippen molar-refractivity contribution in [2.45, 2.75) is 6.92 Å². The van der Waals surface area contributed by atoms with Gasteiger partial charge in [-0.05, 0) is 37.3 Å². The standard InChI is InChI=1S/C20H17ClN4O2S/c1-12-14-11-13(21)4-5-16(14)27-17(12)19(26)24-7-9-25(10-8-24)20-23-15-3-2-6-22-18(15)28-20/h2-6,11H,7-10H2,1H3. The van der Waals surface area contributed by atoms with E-state index < -0.39 is 0 Å². The lowest BCUT2D eigenvalue weighted by Gasteiger charge is -2.34. The highest BCUT2D eigenvalue weighted by Gasteiger charge is 2.27. The van der Waals surface area contributed by atoms with Gasteiger partial charge in [0.2, 0.25) is 0 Å². The second-order valence-corrected chi connectivity index (χ2v) is 8.19. The lowest BCUT2D eigenvalue weighted by Crippen LogP contribution is -2.48. The topological polar surface area (TPSA) is 62.5 Å². The number of hydrogen-bond acceptors (Lipinski definition) is 6. The quantitative estimate of drug-likeness (QED) is 0.489. The summed E-state index contributed by atoms with van der Waals surface area (Å²) in [7, 11) is 0. The molecule has 1 fully saturated rings. The number of rotatable bonds is 2. The third kappa shape index (κ3) is 2.91. The molecule has 6 nitrogen and oxygen atoms in total. The summed E-state index contributed by atoms with van der Waals surface area (Å²) in [5.41, 5.74) is 2.44. The minimum absolute atomic E-state index is 0.0737. The number of amides is 1. The Morgan fingerprint density at radius 3 is 2.82 bits per heavy atom. The molecule has 1 aromatic carbocycles. The number of anilines is 1. The van der Waals surface area contributed by atoms with Gasteiger partial charge in [0, 0.05) is 48.3 Å². The Kier molecular flexibility index (Phi) is 4.21. The van der Waals surface area contributed by atoms with Crippen molar-refractivity contribution in [3.05, 3.63) is 52.9 Å². The Hall–Kier alpha value is -2.64. The first kappa shape index (κ1) is 17.5. The molecule has 3 aromatic heterocycles. The van der Waals surface area contributed by atoms with Crippen molar-refractivity contribution in [2.24, 2.45) is 0 Å². The van der Waals surface area contributed by atoms with Crippen LogP contribution in [0.15, 0.2) is 40.9 Å². The number of pyridine rings is 1. The second-order valence-electron chi connectivity index (χ2n) is 6.80. The molecule has 4 aromatic rings. The number of halogens is 1. The lowest BCUT2D eigenvalue weighted by molar-refractivity contribution is 0.0716. The first-order chi connectivity index (χ1) is 13.6. The molecule has 0 saturated carbocycles. The molecule has 0 aliphatic carbocycles. The van der Waals surface area contributed by atoms with Crippen LogP contribution in [0.4, 0.5) is 5.13 Å². The average Bonchev–Trinajstić information content (AvgIpc) is 3.29. The van der Waals surface area contributed by atoms with Gasteiger partial charge in [-0.2, -0.15) is 0 Å². The van der Waals surface area contributed by atoms with Crippen molar-refractivity contribution in [1.29, 1.82) is 0 Å². The minimum Gasteiger partial charge on any atom is -0.451 e. The molecule has 4 heterocycles. The van der Waals surface area contributed by atoms with Gasteiger partial charge in [-0.1, -0.05) is 22.9 Å². The summed E-state index contributed by atoms with van der Waals surface area (Å²) in [5.74, 6) is 0.324.